The van der Waals surface area contributed by atoms with Crippen molar-refractivity contribution < 1.29 is 49.0 Å². The number of hydrogen-bond donors (Lipinski definition) is 0. The van der Waals surface area contributed by atoms with Crippen LogP contribution in [-0.2, 0) is 41.5 Å². The summed E-state index contributed by atoms with van der Waals surface area (Å²) in [6.07, 6.45) is 11.4. The molecule has 0 heterocycles. The van der Waals surface area contributed by atoms with Gasteiger partial charge in [-0.25, -0.2) is 18.2 Å². The van der Waals surface area contributed by atoms with Crippen LogP contribution in [0.1, 0.15) is 83.3 Å². The van der Waals surface area contributed by atoms with Crippen LogP contribution in [0.2, 0.25) is 0 Å². The zero-order valence-electron chi connectivity index (χ0n) is 27.5. The van der Waals surface area contributed by atoms with Gasteiger partial charge in [0.15, 0.2) is 0 Å². The second-order valence-corrected chi connectivity index (χ2v) is 14.6. The van der Waals surface area contributed by atoms with Crippen molar-refractivity contribution in [1.82, 2.24) is 0 Å². The average molecular weight is 719 g/mol. The Kier molecular flexibility index (Phi) is 11.3. The van der Waals surface area contributed by atoms with Crippen molar-refractivity contribution in [2.75, 3.05) is 0 Å². The molecule has 3 heteroatoms. The van der Waals surface area contributed by atoms with E-state index in [0.717, 1.165) is 6.42 Å². The van der Waals surface area contributed by atoms with Gasteiger partial charge >= 0.3 is 112 Å². The minimum atomic E-state index is 0. The second-order valence-electron chi connectivity index (χ2n) is 13.4. The predicted octanol–water partition coefficient (Wildman–Crippen LogP) is 4.50. The molecule has 8 rings (SSSR count). The standard InChI is InChI=1S/C23H21.C15H14.C5H5.2ClH.Zr/c1-22(2)7-5-14-10-18-16(12-20(14)22)9-17-13-21-15(11-19(17)18)6-8-23(21,3)4;1-12-3-7-14(8-4-12)11-15-9-5-13(2)6-10-15;1-2-4-5-3-1;;;/h5-7,10-13H,9H2,1-4H3;3-10H,1-2H3;1-5H;2*1H;/q-1;;-1;;;+2/p-2. The Balaban J connectivity index is 0.000000183. The van der Waals surface area contributed by atoms with E-state index >= 15 is 0 Å². The third-order valence-corrected chi connectivity index (χ3v) is 10.5. The fourth-order valence-electron chi connectivity index (χ4n) is 6.33. The summed E-state index contributed by atoms with van der Waals surface area (Å²) in [6, 6.07) is 37.2. The molecule has 0 nitrogen and oxygen atoms in total. The Bertz CT molecular complexity index is 1740. The summed E-state index contributed by atoms with van der Waals surface area (Å²) < 4.78 is 1.42. The van der Waals surface area contributed by atoms with Gasteiger partial charge in [-0.1, -0.05) is 57.4 Å². The largest absolute Gasteiger partial charge is 1.00 e. The molecule has 3 aliphatic rings. The molecule has 0 N–H and O–H groups in total. The summed E-state index contributed by atoms with van der Waals surface area (Å²) >= 11 is 1.46. The summed E-state index contributed by atoms with van der Waals surface area (Å²) in [4.78, 5) is 0. The van der Waals surface area contributed by atoms with E-state index < -0.39 is 0 Å². The Morgan fingerprint density at radius 3 is 1.70 bits per heavy atom. The predicted molar refractivity (Wildman–Crippen MR) is 185 cm³/mol. The van der Waals surface area contributed by atoms with E-state index in [-0.39, 0.29) is 35.6 Å². The van der Waals surface area contributed by atoms with Crippen LogP contribution in [0, 0.1) is 19.9 Å². The summed E-state index contributed by atoms with van der Waals surface area (Å²) in [5.74, 6) is 0. The number of benzene rings is 4. The molecule has 0 bridgehead atoms. The maximum Gasteiger partial charge on any atom is -0.172 e. The third-order valence-electron chi connectivity index (χ3n) is 9.09. The molecule has 46 heavy (non-hydrogen) atoms. The van der Waals surface area contributed by atoms with Gasteiger partial charge in [0.2, 0.25) is 0 Å². The van der Waals surface area contributed by atoms with Crippen LogP contribution < -0.4 is 24.8 Å². The Labute approximate surface area is 303 Å². The number of fused-ring (bicyclic) bond motifs is 5. The molecular formula is C43H40Cl2Zr-2. The van der Waals surface area contributed by atoms with Gasteiger partial charge < -0.3 is 24.8 Å². The fourth-order valence-corrected chi connectivity index (χ4v) is 7.15. The number of hydrogen-bond acceptors (Lipinski definition) is 0. The third kappa shape index (κ3) is 7.44. The maximum atomic E-state index is 3.50. The quantitative estimate of drug-likeness (QED) is 0.232. The van der Waals surface area contributed by atoms with Crippen molar-refractivity contribution in [3.8, 4) is 11.1 Å². The van der Waals surface area contributed by atoms with Crippen molar-refractivity contribution >= 4 is 15.4 Å². The molecule has 0 saturated heterocycles. The van der Waals surface area contributed by atoms with Crippen molar-refractivity contribution in [2.24, 2.45) is 0 Å². The average Bonchev–Trinajstić information content (AvgIpc) is 3.80. The van der Waals surface area contributed by atoms with Gasteiger partial charge in [0, 0.05) is 5.41 Å². The van der Waals surface area contributed by atoms with E-state index in [2.05, 4.69) is 139 Å². The minimum Gasteiger partial charge on any atom is -1.00 e. The monoisotopic (exact) mass is 716 g/mol. The molecule has 3 aliphatic carbocycles. The molecule has 0 atom stereocenters. The molecule has 0 aliphatic heterocycles. The van der Waals surface area contributed by atoms with E-state index in [1.165, 1.54) is 94.2 Å². The van der Waals surface area contributed by atoms with Gasteiger partial charge in [-0.3, -0.25) is 6.08 Å². The van der Waals surface area contributed by atoms with Crippen molar-refractivity contribution in [3.63, 3.8) is 0 Å². The van der Waals surface area contributed by atoms with Crippen molar-refractivity contribution in [1.29, 1.82) is 0 Å². The van der Waals surface area contributed by atoms with E-state index in [1.54, 1.807) is 0 Å². The second kappa shape index (κ2) is 14.4. The Hall–Kier alpha value is -2.96. The van der Waals surface area contributed by atoms with Gasteiger partial charge in [-0.15, -0.1) is 11.6 Å². The smallest absolute Gasteiger partial charge is 0.172 e. The number of allylic oxidation sites excluding steroid dienone is 2. The van der Waals surface area contributed by atoms with Gasteiger partial charge in [0.05, 0.1) is 0 Å². The van der Waals surface area contributed by atoms with E-state index in [4.69, 9.17) is 0 Å². The molecular weight excluding hydrogens is 679 g/mol. The molecule has 0 radical (unpaired) electrons. The van der Waals surface area contributed by atoms with E-state index in [1.807, 2.05) is 30.3 Å². The molecule has 0 saturated carbocycles. The maximum absolute atomic E-state index is 3.50. The molecule has 0 unspecified atom stereocenters. The first-order valence-corrected chi connectivity index (χ1v) is 16.8. The van der Waals surface area contributed by atoms with Crippen LogP contribution in [-0.4, -0.2) is 3.21 Å². The Morgan fingerprint density at radius 1 is 0.696 bits per heavy atom. The minimum absolute atomic E-state index is 0. The van der Waals surface area contributed by atoms with Crippen LogP contribution in [0.15, 0.2) is 109 Å². The van der Waals surface area contributed by atoms with Crippen LogP contribution in [0.25, 0.3) is 23.3 Å². The number of halogens is 2. The van der Waals surface area contributed by atoms with Gasteiger partial charge in [0.25, 0.3) is 0 Å². The van der Waals surface area contributed by atoms with Crippen LogP contribution >= 0.6 is 0 Å². The summed E-state index contributed by atoms with van der Waals surface area (Å²) in [5.41, 5.74) is 17.0. The van der Waals surface area contributed by atoms with Gasteiger partial charge in [-0.2, -0.15) is 23.8 Å². The van der Waals surface area contributed by atoms with Gasteiger partial charge in [-0.05, 0) is 45.9 Å². The summed E-state index contributed by atoms with van der Waals surface area (Å²) in [5, 5.41) is 0. The summed E-state index contributed by atoms with van der Waals surface area (Å²) in [6.45, 7) is 13.4. The first kappa shape index (κ1) is 35.9. The van der Waals surface area contributed by atoms with Crippen LogP contribution in [0.3, 0.4) is 0 Å². The van der Waals surface area contributed by atoms with E-state index in [0.29, 0.717) is 0 Å². The zero-order chi connectivity index (χ0) is 31.1. The summed E-state index contributed by atoms with van der Waals surface area (Å²) in [7, 11) is 0. The number of aryl methyl sites for hydroxylation is 2. The molecule has 5 aromatic carbocycles. The van der Waals surface area contributed by atoms with Crippen molar-refractivity contribution in [3.05, 3.63) is 171 Å². The molecule has 0 fully saturated rings. The van der Waals surface area contributed by atoms with Gasteiger partial charge in [0.1, 0.15) is 0 Å². The molecule has 0 amide bonds. The van der Waals surface area contributed by atoms with Crippen molar-refractivity contribution in [2.45, 2.75) is 58.8 Å². The molecule has 5 aromatic rings. The molecule has 0 aromatic heterocycles. The first-order chi connectivity index (χ1) is 21.0. The first-order valence-electron chi connectivity index (χ1n) is 15.6. The topological polar surface area (TPSA) is 0 Å². The zero-order valence-corrected chi connectivity index (χ0v) is 31.5. The fraction of sp³-hybridized carbons (Fsp3) is 0.209. The molecule has 0 spiro atoms. The van der Waals surface area contributed by atoms with Crippen LogP contribution in [0.4, 0.5) is 0 Å². The number of rotatable bonds is 2. The van der Waals surface area contributed by atoms with Crippen LogP contribution in [0.5, 0.6) is 0 Å². The molecule has 232 valence electrons. The SMILES string of the molecule is CC1(C)[C-]=Cc2cc3c(cc21)Cc1cc2c(cc1-3)C=CC2(C)C.Cc1ccc([C](=[Zr+2])c2ccc(C)cc2)cc1.[Cl-].[Cl-].c1cc[cH-]c1. The Morgan fingerprint density at radius 2 is 1.20 bits per heavy atom. The van der Waals surface area contributed by atoms with E-state index in [9.17, 15) is 0 Å². The normalized spacial score (nSPS) is 14.6.